The SMILES string of the molecule is CC(NS(C)(=O)=O)c1cccc(CC(=O)N/C(N)=C/C=C(\N)CCCCC2NN=C(NC(=O)Cc3ccccc3)S2)c1. The summed E-state index contributed by atoms with van der Waals surface area (Å²) in [6, 6.07) is 16.3. The van der Waals surface area contributed by atoms with Gasteiger partial charge in [0, 0.05) is 11.7 Å². The lowest BCUT2D eigenvalue weighted by atomic mass is 10.0. The molecule has 11 nitrogen and oxygen atoms in total. The Morgan fingerprint density at radius 3 is 2.48 bits per heavy atom. The monoisotopic (exact) mass is 613 g/mol. The number of nitrogens with zero attached hydrogens (tertiary/aromatic N) is 1. The molecule has 2 amide bonds. The third-order valence-corrected chi connectivity index (χ3v) is 7.99. The van der Waals surface area contributed by atoms with Crippen molar-refractivity contribution >= 4 is 38.8 Å². The molecule has 0 fully saturated rings. The number of carbonyl (C=O) groups is 2. The van der Waals surface area contributed by atoms with Crippen LogP contribution in [0.4, 0.5) is 0 Å². The van der Waals surface area contributed by atoms with Gasteiger partial charge < -0.3 is 22.1 Å². The standard InChI is InChI=1S/C29H39N7O4S2/c1-20(36-42(2,39)40)23-12-8-11-22(17-23)19-26(37)32-25(31)16-15-24(30)13-6-7-14-28-34-35-29(41-28)33-27(38)18-21-9-4-3-5-10-21/h3-5,8-12,15-17,20,28,34,36H,6-7,13-14,18-19,30-31H2,1-2H3,(H,32,37)(H,33,35,38)/b24-15-,25-16+. The molecule has 2 aromatic carbocycles. The zero-order chi connectivity index (χ0) is 30.5. The first kappa shape index (κ1) is 32.7. The minimum atomic E-state index is -3.35. The van der Waals surface area contributed by atoms with Crippen LogP contribution in [-0.2, 0) is 32.5 Å². The number of sulfonamides is 1. The van der Waals surface area contributed by atoms with Crippen LogP contribution in [-0.4, -0.2) is 37.0 Å². The molecule has 1 aliphatic rings. The Morgan fingerprint density at radius 2 is 1.74 bits per heavy atom. The summed E-state index contributed by atoms with van der Waals surface area (Å²) in [5.74, 6) is -0.215. The molecule has 0 bridgehead atoms. The van der Waals surface area contributed by atoms with Gasteiger partial charge in [-0.2, -0.15) is 5.10 Å². The Kier molecular flexibility index (Phi) is 12.5. The molecule has 3 rings (SSSR count). The van der Waals surface area contributed by atoms with Crippen molar-refractivity contribution in [1.82, 2.24) is 20.8 Å². The summed E-state index contributed by atoms with van der Waals surface area (Å²) in [6.07, 6.45) is 8.04. The van der Waals surface area contributed by atoms with Crippen molar-refractivity contribution < 1.29 is 18.0 Å². The molecule has 2 atom stereocenters. The van der Waals surface area contributed by atoms with E-state index in [1.54, 1.807) is 43.3 Å². The highest BCUT2D eigenvalue weighted by atomic mass is 32.2. The van der Waals surface area contributed by atoms with Gasteiger partial charge in [-0.05, 0) is 55.0 Å². The van der Waals surface area contributed by atoms with E-state index in [4.69, 9.17) is 11.5 Å². The van der Waals surface area contributed by atoms with Crippen molar-refractivity contribution in [3.05, 3.63) is 95.0 Å². The highest BCUT2D eigenvalue weighted by Crippen LogP contribution is 2.21. The molecule has 0 saturated carbocycles. The van der Waals surface area contributed by atoms with Crippen molar-refractivity contribution in [1.29, 1.82) is 0 Å². The van der Waals surface area contributed by atoms with Gasteiger partial charge in [-0.1, -0.05) is 72.8 Å². The van der Waals surface area contributed by atoms with Crippen molar-refractivity contribution in [2.24, 2.45) is 16.6 Å². The van der Waals surface area contributed by atoms with Gasteiger partial charge in [-0.3, -0.25) is 15.0 Å². The van der Waals surface area contributed by atoms with E-state index in [0.29, 0.717) is 23.7 Å². The Bertz CT molecular complexity index is 1430. The number of amidine groups is 1. The predicted octanol–water partition coefficient (Wildman–Crippen LogP) is 2.45. The van der Waals surface area contributed by atoms with E-state index in [1.807, 2.05) is 30.3 Å². The Hall–Kier alpha value is -3.81. The number of hydrogen-bond acceptors (Lipinski definition) is 9. The number of unbranched alkanes of at least 4 members (excludes halogenated alkanes) is 1. The summed E-state index contributed by atoms with van der Waals surface area (Å²) >= 11 is 1.50. The number of benzene rings is 2. The fourth-order valence-electron chi connectivity index (χ4n) is 4.18. The Balaban J connectivity index is 1.33. The first-order valence-corrected chi connectivity index (χ1v) is 16.4. The topological polar surface area (TPSA) is 181 Å². The quantitative estimate of drug-likeness (QED) is 0.139. The van der Waals surface area contributed by atoms with Gasteiger partial charge in [0.15, 0.2) is 5.17 Å². The normalized spacial score (nSPS) is 16.3. The minimum Gasteiger partial charge on any atom is -0.402 e. The fraction of sp³-hybridized carbons (Fsp3) is 0.345. The molecule has 2 unspecified atom stereocenters. The number of thioether (sulfide) groups is 1. The van der Waals surface area contributed by atoms with E-state index >= 15 is 0 Å². The van der Waals surface area contributed by atoms with Crippen LogP contribution in [0.15, 0.2) is 83.4 Å². The van der Waals surface area contributed by atoms with Gasteiger partial charge in [-0.15, -0.1) is 0 Å². The summed E-state index contributed by atoms with van der Waals surface area (Å²) in [5, 5.41) is 10.4. The van der Waals surface area contributed by atoms with Gasteiger partial charge in [0.2, 0.25) is 21.8 Å². The molecule has 0 saturated heterocycles. The average molecular weight is 614 g/mol. The van der Waals surface area contributed by atoms with Gasteiger partial charge in [0.25, 0.3) is 0 Å². The molecule has 0 aromatic heterocycles. The van der Waals surface area contributed by atoms with Gasteiger partial charge in [0.1, 0.15) is 5.82 Å². The third kappa shape index (κ3) is 12.4. The van der Waals surface area contributed by atoms with E-state index in [2.05, 4.69) is 25.9 Å². The molecular formula is C29H39N7O4S2. The van der Waals surface area contributed by atoms with Crippen LogP contribution in [0.5, 0.6) is 0 Å². The maximum absolute atomic E-state index is 12.4. The highest BCUT2D eigenvalue weighted by molar-refractivity contribution is 8.14. The molecule has 42 heavy (non-hydrogen) atoms. The fourth-order valence-corrected chi connectivity index (χ4v) is 5.89. The second-order valence-corrected chi connectivity index (χ2v) is 13.0. The van der Waals surface area contributed by atoms with E-state index in [0.717, 1.165) is 42.2 Å². The van der Waals surface area contributed by atoms with Crippen LogP contribution in [0, 0.1) is 0 Å². The Labute approximate surface area is 251 Å². The maximum Gasteiger partial charge on any atom is 0.230 e. The molecule has 8 N–H and O–H groups in total. The molecule has 226 valence electrons. The Morgan fingerprint density at radius 1 is 1.02 bits per heavy atom. The van der Waals surface area contributed by atoms with E-state index in [1.165, 1.54) is 11.8 Å². The van der Waals surface area contributed by atoms with Crippen molar-refractivity contribution in [3.8, 4) is 0 Å². The van der Waals surface area contributed by atoms with Crippen LogP contribution in [0.3, 0.4) is 0 Å². The van der Waals surface area contributed by atoms with E-state index in [-0.39, 0.29) is 29.4 Å². The maximum atomic E-state index is 12.4. The van der Waals surface area contributed by atoms with E-state index < -0.39 is 16.1 Å². The number of nitrogens with two attached hydrogens (primary N) is 2. The second-order valence-electron chi connectivity index (χ2n) is 10.1. The first-order valence-electron chi connectivity index (χ1n) is 13.6. The smallest absolute Gasteiger partial charge is 0.230 e. The summed E-state index contributed by atoms with van der Waals surface area (Å²) in [4.78, 5) is 24.7. The summed E-state index contributed by atoms with van der Waals surface area (Å²) in [7, 11) is -3.35. The molecule has 13 heteroatoms. The van der Waals surface area contributed by atoms with Crippen molar-refractivity contribution in [3.63, 3.8) is 0 Å². The number of allylic oxidation sites excluding steroid dienone is 3. The lowest BCUT2D eigenvalue weighted by Gasteiger charge is -2.14. The zero-order valence-electron chi connectivity index (χ0n) is 23.8. The van der Waals surface area contributed by atoms with Crippen LogP contribution in [0.1, 0.15) is 55.3 Å². The van der Waals surface area contributed by atoms with Gasteiger partial charge in [-0.25, -0.2) is 13.1 Å². The van der Waals surface area contributed by atoms with Crippen LogP contribution < -0.4 is 32.2 Å². The average Bonchev–Trinajstić information content (AvgIpc) is 3.36. The van der Waals surface area contributed by atoms with E-state index in [9.17, 15) is 18.0 Å². The summed E-state index contributed by atoms with van der Waals surface area (Å²) in [6.45, 7) is 1.74. The third-order valence-electron chi connectivity index (χ3n) is 6.17. The second kappa shape index (κ2) is 16.0. The largest absolute Gasteiger partial charge is 0.402 e. The first-order chi connectivity index (χ1) is 20.0. The van der Waals surface area contributed by atoms with Crippen molar-refractivity contribution in [2.75, 3.05) is 6.26 Å². The number of hydrogen-bond donors (Lipinski definition) is 6. The lowest BCUT2D eigenvalue weighted by Crippen LogP contribution is -2.29. The number of hydrazone groups is 1. The minimum absolute atomic E-state index is 0.0858. The number of rotatable bonds is 14. The number of amides is 2. The molecular weight excluding hydrogens is 574 g/mol. The molecule has 1 aliphatic heterocycles. The number of carbonyl (C=O) groups excluding carboxylic acids is 2. The zero-order valence-corrected chi connectivity index (χ0v) is 25.4. The molecule has 1 heterocycles. The van der Waals surface area contributed by atoms with Crippen molar-refractivity contribution in [2.45, 2.75) is 56.9 Å². The van der Waals surface area contributed by atoms with Gasteiger partial charge in [0.05, 0.1) is 24.5 Å². The lowest BCUT2D eigenvalue weighted by molar-refractivity contribution is -0.120. The van der Waals surface area contributed by atoms with Crippen LogP contribution in [0.2, 0.25) is 0 Å². The summed E-state index contributed by atoms with van der Waals surface area (Å²) in [5.41, 5.74) is 18.2. The predicted molar refractivity (Wildman–Crippen MR) is 168 cm³/mol. The van der Waals surface area contributed by atoms with Crippen LogP contribution in [0.25, 0.3) is 0 Å². The molecule has 0 radical (unpaired) electrons. The number of nitrogens with one attached hydrogen (secondary N) is 4. The van der Waals surface area contributed by atoms with Gasteiger partial charge >= 0.3 is 0 Å². The highest BCUT2D eigenvalue weighted by Gasteiger charge is 2.20. The molecule has 0 spiro atoms. The van der Waals surface area contributed by atoms with Crippen LogP contribution >= 0.6 is 11.8 Å². The molecule has 2 aromatic rings. The molecule has 0 aliphatic carbocycles. The summed E-state index contributed by atoms with van der Waals surface area (Å²) < 4.78 is 25.5.